The average Bonchev–Trinajstić information content (AvgIpc) is 3.03. The van der Waals surface area contributed by atoms with E-state index in [-0.39, 0.29) is 6.42 Å². The fourth-order valence-electron chi connectivity index (χ4n) is 4.16. The molecule has 1 aliphatic rings. The van der Waals surface area contributed by atoms with Crippen LogP contribution >= 0.6 is 0 Å². The SMILES string of the molecule is C/C(C[C@@H](O)c1cccc2ccccc12)=C1/C(=O)N(C(=O)OC(C)(C)C)c2ccccc21. The topological polar surface area (TPSA) is 66.8 Å². The lowest BCUT2D eigenvalue weighted by atomic mass is 9.93. The summed E-state index contributed by atoms with van der Waals surface area (Å²) in [5.74, 6) is -0.428. The third-order valence-electron chi connectivity index (χ3n) is 5.52. The Morgan fingerprint density at radius 3 is 2.41 bits per heavy atom. The first kappa shape index (κ1) is 21.8. The van der Waals surface area contributed by atoms with Crippen LogP contribution in [0.3, 0.4) is 0 Å². The van der Waals surface area contributed by atoms with Gasteiger partial charge in [-0.3, -0.25) is 4.79 Å². The van der Waals surface area contributed by atoms with E-state index in [4.69, 9.17) is 4.74 Å². The number of para-hydroxylation sites is 1. The summed E-state index contributed by atoms with van der Waals surface area (Å²) in [6.45, 7) is 7.12. The number of fused-ring (bicyclic) bond motifs is 2. The van der Waals surface area contributed by atoms with Crippen molar-refractivity contribution in [3.8, 4) is 0 Å². The van der Waals surface area contributed by atoms with Gasteiger partial charge in [0.1, 0.15) is 5.60 Å². The molecule has 0 aliphatic carbocycles. The fraction of sp³-hybridized carbons (Fsp3) is 0.259. The van der Waals surface area contributed by atoms with Gasteiger partial charge in [0.15, 0.2) is 0 Å². The van der Waals surface area contributed by atoms with Crippen molar-refractivity contribution in [2.45, 2.75) is 45.8 Å². The van der Waals surface area contributed by atoms with Crippen molar-refractivity contribution in [1.29, 1.82) is 0 Å². The zero-order valence-corrected chi connectivity index (χ0v) is 18.8. The van der Waals surface area contributed by atoms with Gasteiger partial charge in [0, 0.05) is 11.1 Å². The van der Waals surface area contributed by atoms with E-state index in [1.165, 1.54) is 0 Å². The summed E-state index contributed by atoms with van der Waals surface area (Å²) >= 11 is 0. The van der Waals surface area contributed by atoms with Crippen LogP contribution in [0.1, 0.15) is 51.3 Å². The van der Waals surface area contributed by atoms with Crippen molar-refractivity contribution >= 4 is 34.0 Å². The third-order valence-corrected chi connectivity index (χ3v) is 5.52. The van der Waals surface area contributed by atoms with Gasteiger partial charge in [-0.15, -0.1) is 0 Å². The Bertz CT molecular complexity index is 1230. The maximum Gasteiger partial charge on any atom is 0.422 e. The summed E-state index contributed by atoms with van der Waals surface area (Å²) in [6.07, 6.45) is -1.22. The molecule has 0 saturated carbocycles. The molecule has 4 rings (SSSR count). The lowest BCUT2D eigenvalue weighted by Gasteiger charge is -2.23. The summed E-state index contributed by atoms with van der Waals surface area (Å²) in [6, 6.07) is 20.9. The van der Waals surface area contributed by atoms with Gasteiger partial charge < -0.3 is 9.84 Å². The quantitative estimate of drug-likeness (QED) is 0.517. The number of ether oxygens (including phenoxy) is 1. The molecule has 5 nitrogen and oxygen atoms in total. The Labute approximate surface area is 187 Å². The second kappa shape index (κ2) is 8.24. The fourth-order valence-corrected chi connectivity index (χ4v) is 4.16. The number of anilines is 1. The molecule has 1 N–H and O–H groups in total. The maximum atomic E-state index is 13.3. The van der Waals surface area contributed by atoms with Crippen molar-refractivity contribution in [3.05, 3.63) is 83.4 Å². The molecule has 2 amide bonds. The van der Waals surface area contributed by atoms with Gasteiger partial charge in [0.05, 0.1) is 11.8 Å². The highest BCUT2D eigenvalue weighted by Crippen LogP contribution is 2.41. The zero-order valence-electron chi connectivity index (χ0n) is 18.8. The minimum atomic E-state index is -0.788. The smallest absolute Gasteiger partial charge is 0.422 e. The normalized spacial score (nSPS) is 16.2. The molecule has 0 fully saturated rings. The number of hydrogen-bond donors (Lipinski definition) is 1. The van der Waals surface area contributed by atoms with Crippen LogP contribution < -0.4 is 4.90 Å². The summed E-state index contributed by atoms with van der Waals surface area (Å²) < 4.78 is 5.47. The molecule has 1 atom stereocenters. The summed E-state index contributed by atoms with van der Waals surface area (Å²) in [5.41, 5.74) is 2.41. The highest BCUT2D eigenvalue weighted by atomic mass is 16.6. The molecular weight excluding hydrogens is 402 g/mol. The van der Waals surface area contributed by atoms with Crippen LogP contribution in [0.15, 0.2) is 72.3 Å². The minimum absolute atomic E-state index is 0.269. The molecule has 5 heteroatoms. The number of hydrogen-bond acceptors (Lipinski definition) is 4. The molecule has 3 aromatic rings. The highest BCUT2D eigenvalue weighted by molar-refractivity contribution is 6.39. The lowest BCUT2D eigenvalue weighted by molar-refractivity contribution is -0.112. The van der Waals surface area contributed by atoms with E-state index in [2.05, 4.69) is 0 Å². The van der Waals surface area contributed by atoms with Crippen molar-refractivity contribution in [2.24, 2.45) is 0 Å². The number of aliphatic hydroxyl groups excluding tert-OH is 1. The number of carbonyl (C=O) groups excluding carboxylic acids is 2. The number of amides is 2. The highest BCUT2D eigenvalue weighted by Gasteiger charge is 2.40. The lowest BCUT2D eigenvalue weighted by Crippen LogP contribution is -2.38. The zero-order chi connectivity index (χ0) is 23.0. The van der Waals surface area contributed by atoms with Gasteiger partial charge in [-0.25, -0.2) is 9.69 Å². The molecule has 0 bridgehead atoms. The largest absolute Gasteiger partial charge is 0.443 e. The van der Waals surface area contributed by atoms with Crippen LogP contribution in [0.25, 0.3) is 16.3 Å². The minimum Gasteiger partial charge on any atom is -0.443 e. The Kier molecular flexibility index (Phi) is 5.61. The van der Waals surface area contributed by atoms with Crippen LogP contribution in [0.2, 0.25) is 0 Å². The predicted octanol–water partition coefficient (Wildman–Crippen LogP) is 6.02. The van der Waals surface area contributed by atoms with Crippen LogP contribution in [0, 0.1) is 0 Å². The van der Waals surface area contributed by atoms with Crippen LogP contribution in [0.5, 0.6) is 0 Å². The molecule has 1 heterocycles. The molecule has 0 unspecified atom stereocenters. The Morgan fingerprint density at radius 2 is 1.66 bits per heavy atom. The molecule has 32 heavy (non-hydrogen) atoms. The molecule has 0 radical (unpaired) electrons. The molecule has 0 saturated heterocycles. The first-order valence-electron chi connectivity index (χ1n) is 10.7. The molecule has 1 aliphatic heterocycles. The first-order chi connectivity index (χ1) is 15.2. The van der Waals surface area contributed by atoms with Crippen molar-refractivity contribution in [3.63, 3.8) is 0 Å². The number of carbonyl (C=O) groups is 2. The van der Waals surface area contributed by atoms with Gasteiger partial charge in [-0.1, -0.05) is 66.2 Å². The monoisotopic (exact) mass is 429 g/mol. The van der Waals surface area contributed by atoms with Gasteiger partial charge in [0.2, 0.25) is 0 Å². The Morgan fingerprint density at radius 1 is 1.00 bits per heavy atom. The standard InChI is InChI=1S/C27H27NO4/c1-17(16-23(29)20-14-9-11-18-10-5-6-12-19(18)20)24-21-13-7-8-15-22(21)28(25(24)30)26(31)32-27(2,3)4/h5-15,23,29H,16H2,1-4H3/b24-17-/t23-/m1/s1. The molecule has 3 aromatic carbocycles. The van der Waals surface area contributed by atoms with Crippen LogP contribution in [-0.4, -0.2) is 22.7 Å². The number of aliphatic hydroxyl groups is 1. The number of benzene rings is 3. The molecule has 0 spiro atoms. The Balaban J connectivity index is 1.71. The summed E-state index contributed by atoms with van der Waals surface area (Å²) in [4.78, 5) is 27.2. The van der Waals surface area contributed by atoms with E-state index < -0.39 is 23.7 Å². The average molecular weight is 430 g/mol. The second-order valence-electron chi connectivity index (χ2n) is 9.08. The predicted molar refractivity (Wildman–Crippen MR) is 126 cm³/mol. The first-order valence-corrected chi connectivity index (χ1v) is 10.7. The van der Waals surface area contributed by atoms with Gasteiger partial charge in [0.25, 0.3) is 5.91 Å². The third kappa shape index (κ3) is 4.04. The van der Waals surface area contributed by atoms with Crippen LogP contribution in [0.4, 0.5) is 10.5 Å². The van der Waals surface area contributed by atoms with E-state index in [9.17, 15) is 14.7 Å². The molecule has 0 aromatic heterocycles. The summed E-state index contributed by atoms with van der Waals surface area (Å²) in [7, 11) is 0. The second-order valence-corrected chi connectivity index (χ2v) is 9.08. The van der Waals surface area contributed by atoms with E-state index in [0.717, 1.165) is 21.2 Å². The van der Waals surface area contributed by atoms with Gasteiger partial charge >= 0.3 is 6.09 Å². The number of rotatable bonds is 3. The van der Waals surface area contributed by atoms with E-state index in [1.54, 1.807) is 32.9 Å². The van der Waals surface area contributed by atoms with E-state index in [0.29, 0.717) is 22.4 Å². The van der Waals surface area contributed by atoms with Crippen molar-refractivity contribution in [1.82, 2.24) is 0 Å². The number of imide groups is 1. The van der Waals surface area contributed by atoms with Gasteiger partial charge in [-0.2, -0.15) is 0 Å². The molecule has 164 valence electrons. The molecular formula is C27H27NO4. The van der Waals surface area contributed by atoms with Crippen LogP contribution in [-0.2, 0) is 9.53 Å². The van der Waals surface area contributed by atoms with Crippen molar-refractivity contribution < 1.29 is 19.4 Å². The van der Waals surface area contributed by atoms with E-state index >= 15 is 0 Å². The van der Waals surface area contributed by atoms with E-state index in [1.807, 2.05) is 61.5 Å². The van der Waals surface area contributed by atoms with Crippen molar-refractivity contribution in [2.75, 3.05) is 4.90 Å². The Hall–Kier alpha value is -3.44. The number of nitrogens with zero attached hydrogens (tertiary/aromatic N) is 1. The van der Waals surface area contributed by atoms with Gasteiger partial charge in [-0.05, 0) is 56.5 Å². The summed E-state index contributed by atoms with van der Waals surface area (Å²) in [5, 5.41) is 13.1. The maximum absolute atomic E-state index is 13.3.